The van der Waals surface area contributed by atoms with Crippen molar-refractivity contribution in [2.45, 2.75) is 40.3 Å². The number of hydrogen-bond acceptors (Lipinski definition) is 3. The van der Waals surface area contributed by atoms with Crippen LogP contribution in [-0.4, -0.2) is 22.4 Å². The highest BCUT2D eigenvalue weighted by Crippen LogP contribution is 2.21. The van der Waals surface area contributed by atoms with E-state index < -0.39 is 0 Å². The molecule has 0 saturated carbocycles. The van der Waals surface area contributed by atoms with E-state index in [0.29, 0.717) is 13.2 Å². The molecule has 6 heteroatoms. The van der Waals surface area contributed by atoms with E-state index in [1.807, 2.05) is 63.7 Å². The van der Waals surface area contributed by atoms with E-state index >= 15 is 0 Å². The van der Waals surface area contributed by atoms with Gasteiger partial charge in [-0.3, -0.25) is 4.68 Å². The minimum atomic E-state index is -0.212. The van der Waals surface area contributed by atoms with Crippen LogP contribution in [0.4, 0.5) is 4.79 Å². The molecule has 2 N–H and O–H groups in total. The number of rotatable bonds is 6. The smallest absolute Gasteiger partial charge is 0.315 e. The maximum atomic E-state index is 12.2. The number of carbonyl (C=O) groups is 1. The third-order valence-electron chi connectivity index (χ3n) is 4.06. The minimum Gasteiger partial charge on any atom is -0.494 e. The molecule has 1 heterocycles. The van der Waals surface area contributed by atoms with E-state index in [1.165, 1.54) is 0 Å². The van der Waals surface area contributed by atoms with Gasteiger partial charge in [0.1, 0.15) is 5.75 Å². The van der Waals surface area contributed by atoms with Gasteiger partial charge >= 0.3 is 6.03 Å². The summed E-state index contributed by atoms with van der Waals surface area (Å²) in [5.41, 5.74) is 4.00. The van der Waals surface area contributed by atoms with Crippen molar-refractivity contribution < 1.29 is 9.53 Å². The molecule has 2 aromatic rings. The Hall–Kier alpha value is -2.50. The van der Waals surface area contributed by atoms with Gasteiger partial charge in [0.15, 0.2) is 0 Å². The molecule has 0 fully saturated rings. The molecule has 0 aliphatic carbocycles. The Bertz CT molecular complexity index is 709. The molecule has 2 rings (SSSR count). The van der Waals surface area contributed by atoms with E-state index in [-0.39, 0.29) is 12.1 Å². The van der Waals surface area contributed by atoms with Crippen molar-refractivity contribution in [1.82, 2.24) is 20.4 Å². The summed E-state index contributed by atoms with van der Waals surface area (Å²) in [6, 6.07) is 7.39. The molecule has 0 bridgehead atoms. The number of hydrogen-bond donors (Lipinski definition) is 2. The summed E-state index contributed by atoms with van der Waals surface area (Å²) in [5, 5.41) is 10.2. The highest BCUT2D eigenvalue weighted by Gasteiger charge is 2.18. The molecule has 0 aliphatic rings. The number of amides is 2. The quantitative estimate of drug-likeness (QED) is 0.855. The number of aromatic nitrogens is 2. The standard InChI is InChI=1S/C18H26N4O2/c1-6-24-16-10-8-7-9-15(16)11-19-18(23)20-12(2)17-13(3)21-22(5)14(17)4/h7-10,12H,6,11H2,1-5H3,(H2,19,20,23). The predicted molar refractivity (Wildman–Crippen MR) is 94.1 cm³/mol. The first kappa shape index (κ1) is 17.8. The van der Waals surface area contributed by atoms with Gasteiger partial charge in [-0.05, 0) is 33.8 Å². The van der Waals surface area contributed by atoms with Crippen LogP contribution in [0.15, 0.2) is 24.3 Å². The Morgan fingerprint density at radius 3 is 2.67 bits per heavy atom. The lowest BCUT2D eigenvalue weighted by Gasteiger charge is -2.16. The molecular formula is C18H26N4O2. The second-order valence-electron chi connectivity index (χ2n) is 5.80. The monoisotopic (exact) mass is 330 g/mol. The number of aryl methyl sites for hydroxylation is 2. The average molecular weight is 330 g/mol. The summed E-state index contributed by atoms with van der Waals surface area (Å²) in [6.07, 6.45) is 0. The Labute approximate surface area is 143 Å². The van der Waals surface area contributed by atoms with Gasteiger partial charge < -0.3 is 15.4 Å². The molecule has 2 amide bonds. The van der Waals surface area contributed by atoms with Crippen molar-refractivity contribution in [2.75, 3.05) is 6.61 Å². The second-order valence-corrected chi connectivity index (χ2v) is 5.80. The summed E-state index contributed by atoms with van der Waals surface area (Å²) < 4.78 is 7.40. The number of nitrogens with zero attached hydrogens (tertiary/aromatic N) is 2. The summed E-state index contributed by atoms with van der Waals surface area (Å²) in [6.45, 7) is 8.88. The van der Waals surface area contributed by atoms with Gasteiger partial charge in [0.2, 0.25) is 0 Å². The lowest BCUT2D eigenvalue weighted by atomic mass is 10.1. The molecule has 0 aliphatic heterocycles. The van der Waals surface area contributed by atoms with Crippen LogP contribution < -0.4 is 15.4 Å². The number of benzene rings is 1. The average Bonchev–Trinajstić information content (AvgIpc) is 2.79. The summed E-state index contributed by atoms with van der Waals surface area (Å²) in [4.78, 5) is 12.2. The van der Waals surface area contributed by atoms with E-state index in [9.17, 15) is 4.79 Å². The van der Waals surface area contributed by atoms with E-state index in [0.717, 1.165) is 28.3 Å². The summed E-state index contributed by atoms with van der Waals surface area (Å²) >= 11 is 0. The fourth-order valence-corrected chi connectivity index (χ4v) is 2.86. The third kappa shape index (κ3) is 4.07. The Morgan fingerprint density at radius 1 is 1.33 bits per heavy atom. The number of nitrogens with one attached hydrogen (secondary N) is 2. The first-order valence-corrected chi connectivity index (χ1v) is 8.19. The molecule has 0 radical (unpaired) electrons. The maximum absolute atomic E-state index is 12.2. The van der Waals surface area contributed by atoms with Gasteiger partial charge in [-0.1, -0.05) is 18.2 Å². The van der Waals surface area contributed by atoms with Crippen molar-refractivity contribution in [3.8, 4) is 5.75 Å². The first-order valence-electron chi connectivity index (χ1n) is 8.19. The molecule has 6 nitrogen and oxygen atoms in total. The van der Waals surface area contributed by atoms with Crippen LogP contribution in [0.1, 0.15) is 42.4 Å². The maximum Gasteiger partial charge on any atom is 0.315 e. The SMILES string of the molecule is CCOc1ccccc1CNC(=O)NC(C)c1c(C)nn(C)c1C. The molecule has 1 unspecified atom stereocenters. The zero-order valence-corrected chi connectivity index (χ0v) is 15.0. The Morgan fingerprint density at radius 2 is 2.04 bits per heavy atom. The molecule has 1 atom stereocenters. The third-order valence-corrected chi connectivity index (χ3v) is 4.06. The largest absolute Gasteiger partial charge is 0.494 e. The molecule has 130 valence electrons. The van der Waals surface area contributed by atoms with Gasteiger partial charge in [0, 0.05) is 30.4 Å². The Kier molecular flexibility index (Phi) is 5.84. The van der Waals surface area contributed by atoms with Crippen LogP contribution in [0.25, 0.3) is 0 Å². The van der Waals surface area contributed by atoms with Crippen LogP contribution in [0.3, 0.4) is 0 Å². The minimum absolute atomic E-state index is 0.110. The van der Waals surface area contributed by atoms with Crippen LogP contribution in [0.2, 0.25) is 0 Å². The summed E-state index contributed by atoms with van der Waals surface area (Å²) in [7, 11) is 1.91. The van der Waals surface area contributed by atoms with Crippen LogP contribution >= 0.6 is 0 Å². The van der Waals surface area contributed by atoms with E-state index in [2.05, 4.69) is 15.7 Å². The topological polar surface area (TPSA) is 68.2 Å². The predicted octanol–water partition coefficient (Wildman–Crippen LogP) is 3.00. The zero-order valence-electron chi connectivity index (χ0n) is 15.0. The van der Waals surface area contributed by atoms with Crippen molar-refractivity contribution in [3.05, 3.63) is 46.8 Å². The van der Waals surface area contributed by atoms with E-state index in [1.54, 1.807) is 0 Å². The fraction of sp³-hybridized carbons (Fsp3) is 0.444. The van der Waals surface area contributed by atoms with Gasteiger partial charge in [-0.2, -0.15) is 5.10 Å². The van der Waals surface area contributed by atoms with Gasteiger partial charge in [0.05, 0.1) is 18.3 Å². The van der Waals surface area contributed by atoms with E-state index in [4.69, 9.17) is 4.74 Å². The second kappa shape index (κ2) is 7.86. The van der Waals surface area contributed by atoms with Gasteiger partial charge in [-0.15, -0.1) is 0 Å². The normalized spacial score (nSPS) is 11.9. The van der Waals surface area contributed by atoms with Gasteiger partial charge in [-0.25, -0.2) is 4.79 Å². The lowest BCUT2D eigenvalue weighted by Crippen LogP contribution is -2.37. The number of urea groups is 1. The number of ether oxygens (including phenoxy) is 1. The molecule has 0 saturated heterocycles. The molecule has 1 aromatic heterocycles. The highest BCUT2D eigenvalue weighted by atomic mass is 16.5. The van der Waals surface area contributed by atoms with Crippen LogP contribution in [0.5, 0.6) is 5.75 Å². The van der Waals surface area contributed by atoms with Crippen LogP contribution in [0, 0.1) is 13.8 Å². The fourth-order valence-electron chi connectivity index (χ4n) is 2.86. The first-order chi connectivity index (χ1) is 11.4. The van der Waals surface area contributed by atoms with Gasteiger partial charge in [0.25, 0.3) is 0 Å². The van der Waals surface area contributed by atoms with Crippen molar-refractivity contribution in [1.29, 1.82) is 0 Å². The van der Waals surface area contributed by atoms with Crippen molar-refractivity contribution in [2.24, 2.45) is 7.05 Å². The molecule has 1 aromatic carbocycles. The summed E-state index contributed by atoms with van der Waals surface area (Å²) in [5.74, 6) is 0.798. The molecule has 0 spiro atoms. The van der Waals surface area contributed by atoms with Crippen LogP contribution in [-0.2, 0) is 13.6 Å². The number of carbonyl (C=O) groups excluding carboxylic acids is 1. The van der Waals surface area contributed by atoms with Crippen molar-refractivity contribution >= 4 is 6.03 Å². The molecule has 24 heavy (non-hydrogen) atoms. The van der Waals surface area contributed by atoms with Crippen molar-refractivity contribution in [3.63, 3.8) is 0 Å². The zero-order chi connectivity index (χ0) is 17.7. The Balaban J connectivity index is 1.96. The lowest BCUT2D eigenvalue weighted by molar-refractivity contribution is 0.237. The molecular weight excluding hydrogens is 304 g/mol. The highest BCUT2D eigenvalue weighted by molar-refractivity contribution is 5.74. The number of para-hydroxylation sites is 1.